The average molecular weight is 598 g/mol. The summed E-state index contributed by atoms with van der Waals surface area (Å²) in [6.45, 7) is 0.784. The van der Waals surface area contributed by atoms with Crippen molar-refractivity contribution in [3.63, 3.8) is 0 Å². The highest BCUT2D eigenvalue weighted by Crippen LogP contribution is 2.60. The minimum absolute atomic E-state index is 0.105. The lowest BCUT2D eigenvalue weighted by atomic mass is 9.77. The molecular weight excluding hydrogens is 566 g/mol. The molecule has 1 heterocycles. The van der Waals surface area contributed by atoms with Crippen LogP contribution in [0, 0.1) is 0 Å². The molecule has 6 aromatic rings. The highest BCUT2D eigenvalue weighted by atomic mass is 16.5. The van der Waals surface area contributed by atoms with Crippen LogP contribution >= 0.6 is 0 Å². The van der Waals surface area contributed by atoms with E-state index in [-0.39, 0.29) is 5.91 Å². The van der Waals surface area contributed by atoms with E-state index < -0.39 is 5.54 Å². The van der Waals surface area contributed by atoms with E-state index in [0.717, 1.165) is 50.1 Å². The molecule has 1 unspecified atom stereocenters. The van der Waals surface area contributed by atoms with Crippen molar-refractivity contribution in [2.24, 2.45) is 0 Å². The molecule has 2 aliphatic rings. The largest absolute Gasteiger partial charge is 0.489 e. The molecule has 0 aromatic heterocycles. The molecule has 0 saturated heterocycles. The molecule has 1 aliphatic heterocycles. The summed E-state index contributed by atoms with van der Waals surface area (Å²) < 4.78 is 13.3. The van der Waals surface area contributed by atoms with Gasteiger partial charge in [0, 0.05) is 28.3 Å². The van der Waals surface area contributed by atoms with E-state index in [2.05, 4.69) is 78.1 Å². The second-order valence-electron chi connectivity index (χ2n) is 11.6. The number of nitrogens with one attached hydrogen (secondary N) is 1. The van der Waals surface area contributed by atoms with E-state index >= 15 is 0 Å². The van der Waals surface area contributed by atoms with Crippen LogP contribution in [-0.2, 0) is 18.8 Å². The van der Waals surface area contributed by atoms with Crippen molar-refractivity contribution in [2.45, 2.75) is 18.8 Å². The molecule has 1 spiro atoms. The lowest BCUT2D eigenvalue weighted by Gasteiger charge is -2.31. The highest BCUT2D eigenvalue weighted by molar-refractivity contribution is 6.15. The topological polar surface area (TPSA) is 47.6 Å². The van der Waals surface area contributed by atoms with Crippen LogP contribution in [0.3, 0.4) is 0 Å². The number of amides is 1. The van der Waals surface area contributed by atoms with Gasteiger partial charge >= 0.3 is 0 Å². The van der Waals surface area contributed by atoms with Gasteiger partial charge in [0.25, 0.3) is 5.91 Å². The third kappa shape index (κ3) is 4.67. The maximum absolute atomic E-state index is 13.9. The molecule has 4 nitrogen and oxygen atoms in total. The van der Waals surface area contributed by atoms with Gasteiger partial charge in [0.15, 0.2) is 0 Å². The molecule has 0 saturated carbocycles. The molecule has 1 amide bonds. The van der Waals surface area contributed by atoms with Gasteiger partial charge in [-0.05, 0) is 45.5 Å². The molecule has 0 fully saturated rings. The molecule has 4 heteroatoms. The fourth-order valence-corrected chi connectivity index (χ4v) is 6.85. The Balaban J connectivity index is 1.41. The summed E-state index contributed by atoms with van der Waals surface area (Å²) in [4.78, 5) is 13.9. The van der Waals surface area contributed by atoms with Gasteiger partial charge in [0.2, 0.25) is 0 Å². The first-order valence-corrected chi connectivity index (χ1v) is 15.5. The number of ether oxygens (including phenoxy) is 2. The van der Waals surface area contributed by atoms with E-state index in [4.69, 9.17) is 9.47 Å². The predicted molar refractivity (Wildman–Crippen MR) is 181 cm³/mol. The highest BCUT2D eigenvalue weighted by Gasteiger charge is 2.54. The van der Waals surface area contributed by atoms with E-state index in [0.29, 0.717) is 30.3 Å². The number of hydrogen-bond donors (Lipinski definition) is 1. The Morgan fingerprint density at radius 2 is 1.09 bits per heavy atom. The standard InChI is InChI=1S/C42H31NO3/c44-41-34-23-13-14-24-35(34)42(43-41)36-25-33(45-27-29-15-5-1-6-16-29)26-37(46-28-30-17-7-2-8-18-30)39(36)38(31-19-9-3-10-20-31)40(42)32-21-11-4-12-22-32/h1-26H,27-28H2,(H,43,44). The minimum atomic E-state index is -0.966. The summed E-state index contributed by atoms with van der Waals surface area (Å²) in [5, 5.41) is 3.49. The van der Waals surface area contributed by atoms with E-state index in [1.807, 2.05) is 84.9 Å². The van der Waals surface area contributed by atoms with E-state index in [1.165, 1.54) is 0 Å². The third-order valence-corrected chi connectivity index (χ3v) is 8.84. The van der Waals surface area contributed by atoms with Crippen LogP contribution < -0.4 is 14.8 Å². The Kier molecular flexibility index (Phi) is 6.96. The van der Waals surface area contributed by atoms with Gasteiger partial charge in [-0.25, -0.2) is 0 Å². The van der Waals surface area contributed by atoms with Crippen LogP contribution in [0.1, 0.15) is 49.3 Å². The van der Waals surface area contributed by atoms with Crippen LogP contribution in [0.15, 0.2) is 158 Å². The molecule has 8 rings (SSSR count). The lowest BCUT2D eigenvalue weighted by Crippen LogP contribution is -2.40. The minimum Gasteiger partial charge on any atom is -0.489 e. The van der Waals surface area contributed by atoms with Crippen molar-refractivity contribution < 1.29 is 14.3 Å². The van der Waals surface area contributed by atoms with Gasteiger partial charge in [-0.2, -0.15) is 0 Å². The Labute approximate surface area is 268 Å². The lowest BCUT2D eigenvalue weighted by molar-refractivity contribution is 0.0952. The van der Waals surface area contributed by atoms with Gasteiger partial charge in [-0.3, -0.25) is 4.79 Å². The zero-order valence-corrected chi connectivity index (χ0v) is 25.2. The van der Waals surface area contributed by atoms with Gasteiger partial charge < -0.3 is 14.8 Å². The fraction of sp³-hybridized carbons (Fsp3) is 0.0714. The predicted octanol–water partition coefficient (Wildman–Crippen LogP) is 8.80. The van der Waals surface area contributed by atoms with Crippen LogP contribution in [-0.4, -0.2) is 5.91 Å². The maximum atomic E-state index is 13.9. The van der Waals surface area contributed by atoms with Crippen LogP contribution in [0.2, 0.25) is 0 Å². The average Bonchev–Trinajstić information content (AvgIpc) is 3.59. The number of carbonyl (C=O) groups excluding carboxylic acids is 1. The fourth-order valence-electron chi connectivity index (χ4n) is 6.85. The first-order valence-electron chi connectivity index (χ1n) is 15.5. The van der Waals surface area contributed by atoms with Crippen molar-refractivity contribution in [3.05, 3.63) is 202 Å². The Bertz CT molecular complexity index is 2070. The second kappa shape index (κ2) is 11.6. The van der Waals surface area contributed by atoms with Crippen molar-refractivity contribution in [1.82, 2.24) is 5.32 Å². The molecule has 0 bridgehead atoms. The summed E-state index contributed by atoms with van der Waals surface area (Å²) in [6, 6.07) is 53.0. The number of fused-ring (bicyclic) bond motifs is 4. The summed E-state index contributed by atoms with van der Waals surface area (Å²) >= 11 is 0. The van der Waals surface area contributed by atoms with Crippen LogP contribution in [0.25, 0.3) is 11.1 Å². The number of rotatable bonds is 8. The van der Waals surface area contributed by atoms with Crippen LogP contribution in [0.5, 0.6) is 11.5 Å². The molecule has 46 heavy (non-hydrogen) atoms. The number of carbonyl (C=O) groups is 1. The number of benzene rings is 6. The first kappa shape index (κ1) is 27.7. The van der Waals surface area contributed by atoms with Gasteiger partial charge in [-0.15, -0.1) is 0 Å². The quantitative estimate of drug-likeness (QED) is 0.191. The normalized spacial score (nSPS) is 16.2. The number of hydrogen-bond acceptors (Lipinski definition) is 3. The summed E-state index contributed by atoms with van der Waals surface area (Å²) in [5.41, 5.74) is 8.72. The van der Waals surface area contributed by atoms with Gasteiger partial charge in [-0.1, -0.05) is 140 Å². The SMILES string of the molecule is O=C1NC2(C(c3ccccc3)=C(c3ccccc3)c3c(OCc4ccccc4)cc(OCc4ccccc4)cc32)c2ccccc21. The Morgan fingerprint density at radius 1 is 0.543 bits per heavy atom. The zero-order chi connectivity index (χ0) is 30.9. The second-order valence-corrected chi connectivity index (χ2v) is 11.6. The molecule has 6 aromatic carbocycles. The molecule has 0 radical (unpaired) electrons. The van der Waals surface area contributed by atoms with Crippen molar-refractivity contribution >= 4 is 17.1 Å². The maximum Gasteiger partial charge on any atom is 0.252 e. The van der Waals surface area contributed by atoms with Crippen molar-refractivity contribution in [3.8, 4) is 11.5 Å². The first-order chi connectivity index (χ1) is 22.7. The monoisotopic (exact) mass is 597 g/mol. The molecule has 222 valence electrons. The molecule has 1 N–H and O–H groups in total. The Hall–Kier alpha value is -5.87. The molecule has 1 atom stereocenters. The summed E-state index contributed by atoms with van der Waals surface area (Å²) in [5.74, 6) is 1.27. The van der Waals surface area contributed by atoms with Gasteiger partial charge in [0.05, 0.1) is 0 Å². The van der Waals surface area contributed by atoms with E-state index in [1.54, 1.807) is 0 Å². The van der Waals surface area contributed by atoms with Crippen LogP contribution in [0.4, 0.5) is 0 Å². The third-order valence-electron chi connectivity index (χ3n) is 8.84. The van der Waals surface area contributed by atoms with Crippen molar-refractivity contribution in [2.75, 3.05) is 0 Å². The summed E-state index contributed by atoms with van der Waals surface area (Å²) in [6.07, 6.45) is 0. The zero-order valence-electron chi connectivity index (χ0n) is 25.2. The van der Waals surface area contributed by atoms with Gasteiger partial charge in [0.1, 0.15) is 30.3 Å². The van der Waals surface area contributed by atoms with E-state index in [9.17, 15) is 4.79 Å². The smallest absolute Gasteiger partial charge is 0.252 e. The molecular formula is C42H31NO3. The van der Waals surface area contributed by atoms with Crippen molar-refractivity contribution in [1.29, 1.82) is 0 Å². The summed E-state index contributed by atoms with van der Waals surface area (Å²) in [7, 11) is 0. The Morgan fingerprint density at radius 3 is 1.74 bits per heavy atom. The molecule has 1 aliphatic carbocycles.